The maximum absolute atomic E-state index is 13.1. The molecule has 4 rings (SSSR count). The van der Waals surface area contributed by atoms with E-state index in [-0.39, 0.29) is 50.4 Å². The van der Waals surface area contributed by atoms with Crippen LogP contribution < -0.4 is 10.1 Å². The van der Waals surface area contributed by atoms with Crippen molar-refractivity contribution >= 4 is 29.7 Å². The van der Waals surface area contributed by atoms with E-state index < -0.39 is 24.0 Å². The number of aliphatic carboxylic acids is 1. The van der Waals surface area contributed by atoms with Gasteiger partial charge in [-0.25, -0.2) is 14.9 Å². The topological polar surface area (TPSA) is 153 Å². The van der Waals surface area contributed by atoms with Gasteiger partial charge in [0.05, 0.1) is 12.7 Å². The van der Waals surface area contributed by atoms with Crippen molar-refractivity contribution in [2.75, 3.05) is 20.3 Å². The van der Waals surface area contributed by atoms with Crippen molar-refractivity contribution in [3.8, 4) is 5.75 Å². The van der Waals surface area contributed by atoms with Gasteiger partial charge in [-0.15, -0.1) is 0 Å². The van der Waals surface area contributed by atoms with Gasteiger partial charge in [0.1, 0.15) is 31.6 Å². The number of hydrogen-bond acceptors (Lipinski definition) is 9. The van der Waals surface area contributed by atoms with E-state index in [1.165, 1.54) is 12.2 Å². The Kier molecular flexibility index (Phi) is 15.3. The van der Waals surface area contributed by atoms with Gasteiger partial charge < -0.3 is 24.6 Å². The number of rotatable bonds is 21. The number of amides is 2. The first-order chi connectivity index (χ1) is 24.3. The number of hydrogen-bond donors (Lipinski definition) is 2. The number of hydroxylamine groups is 2. The lowest BCUT2D eigenvalue weighted by Gasteiger charge is -2.23. The summed E-state index contributed by atoms with van der Waals surface area (Å²) in [5, 5.41) is 13.8. The monoisotopic (exact) mass is 687 g/mol. The maximum Gasteiger partial charge on any atom is 0.326 e. The van der Waals surface area contributed by atoms with E-state index in [9.17, 15) is 24.3 Å². The van der Waals surface area contributed by atoms with Crippen molar-refractivity contribution in [3.05, 3.63) is 102 Å². The van der Waals surface area contributed by atoms with Gasteiger partial charge in [-0.05, 0) is 55.4 Å². The van der Waals surface area contributed by atoms with Crippen molar-refractivity contribution < 1.29 is 43.3 Å². The molecule has 0 saturated carbocycles. The molecular weight excluding hydrogens is 642 g/mol. The summed E-state index contributed by atoms with van der Waals surface area (Å²) in [7, 11) is 1.35. The standard InChI is InChI=1S/C38H45N3O9/c1-47-35(43)23-10-4-9-22-34(42)41(50-26-29-17-7-3-8-18-29)24-14-13-20-31(38(45)46)39-36(44)32-27-49-37(40-32)30-19-11-12-21-33(30)48-25-28-15-5-2-6-16-28/h2-3,5-8,11-12,15-19,21,31-32H,4,9-10,13-14,20,22-27H2,1H3,(H,39,44)(H,45,46)/t31-,32-/m0/s1. The highest BCUT2D eigenvalue weighted by Crippen LogP contribution is 2.24. The molecule has 0 aliphatic carbocycles. The number of methoxy groups -OCH3 is 1. The van der Waals surface area contributed by atoms with Gasteiger partial charge in [-0.3, -0.25) is 19.2 Å². The number of unbranched alkanes of at least 4 members (excludes halogenated alkanes) is 3. The van der Waals surface area contributed by atoms with Gasteiger partial charge in [0.25, 0.3) is 0 Å². The zero-order valence-electron chi connectivity index (χ0n) is 28.3. The minimum atomic E-state index is -1.17. The second-order valence-corrected chi connectivity index (χ2v) is 11.8. The lowest BCUT2D eigenvalue weighted by molar-refractivity contribution is -0.192. The van der Waals surface area contributed by atoms with Gasteiger partial charge in [-0.2, -0.15) is 0 Å². The first-order valence-corrected chi connectivity index (χ1v) is 16.9. The second kappa shape index (κ2) is 20.3. The van der Waals surface area contributed by atoms with Crippen LogP contribution in [0.2, 0.25) is 0 Å². The third-order valence-electron chi connectivity index (χ3n) is 8.03. The Morgan fingerprint density at radius 2 is 1.52 bits per heavy atom. The number of nitrogens with zero attached hydrogens (tertiary/aromatic N) is 2. The predicted molar refractivity (Wildman–Crippen MR) is 185 cm³/mol. The minimum Gasteiger partial charge on any atom is -0.488 e. The largest absolute Gasteiger partial charge is 0.488 e. The second-order valence-electron chi connectivity index (χ2n) is 11.8. The van der Waals surface area contributed by atoms with Crippen LogP contribution >= 0.6 is 0 Å². The maximum atomic E-state index is 13.1. The Labute approximate surface area is 292 Å². The molecule has 2 atom stereocenters. The molecule has 0 saturated heterocycles. The number of carboxylic acids is 1. The quantitative estimate of drug-likeness (QED) is 0.0871. The Morgan fingerprint density at radius 1 is 0.860 bits per heavy atom. The lowest BCUT2D eigenvalue weighted by Crippen LogP contribution is -2.45. The molecule has 266 valence electrons. The molecule has 1 heterocycles. The van der Waals surface area contributed by atoms with Crippen molar-refractivity contribution in [1.29, 1.82) is 0 Å². The average Bonchev–Trinajstić information content (AvgIpc) is 3.64. The third-order valence-corrected chi connectivity index (χ3v) is 8.03. The highest BCUT2D eigenvalue weighted by atomic mass is 16.7. The number of ether oxygens (including phenoxy) is 3. The van der Waals surface area contributed by atoms with Crippen LogP contribution in [0.25, 0.3) is 0 Å². The molecule has 1 aliphatic heterocycles. The van der Waals surface area contributed by atoms with E-state index in [4.69, 9.17) is 14.3 Å². The summed E-state index contributed by atoms with van der Waals surface area (Å²) >= 11 is 0. The van der Waals surface area contributed by atoms with E-state index >= 15 is 0 Å². The molecule has 12 nitrogen and oxygen atoms in total. The zero-order chi connectivity index (χ0) is 35.6. The molecular formula is C38H45N3O9. The number of carbonyl (C=O) groups excluding carboxylic acids is 3. The van der Waals surface area contributed by atoms with Crippen LogP contribution in [0.15, 0.2) is 89.9 Å². The fraction of sp³-hybridized carbons (Fsp3) is 0.395. The average molecular weight is 688 g/mol. The highest BCUT2D eigenvalue weighted by Gasteiger charge is 2.31. The Morgan fingerprint density at radius 3 is 2.22 bits per heavy atom. The molecule has 0 radical (unpaired) electrons. The van der Waals surface area contributed by atoms with E-state index in [0.29, 0.717) is 56.4 Å². The lowest BCUT2D eigenvalue weighted by atomic mass is 10.1. The zero-order valence-corrected chi connectivity index (χ0v) is 28.3. The normalized spacial score (nSPS) is 14.2. The Bertz CT molecular complexity index is 1570. The summed E-state index contributed by atoms with van der Waals surface area (Å²) in [5.41, 5.74) is 2.50. The third kappa shape index (κ3) is 12.3. The van der Waals surface area contributed by atoms with Crippen LogP contribution in [-0.4, -0.2) is 72.2 Å². The van der Waals surface area contributed by atoms with Crippen molar-refractivity contribution in [1.82, 2.24) is 10.4 Å². The van der Waals surface area contributed by atoms with Crippen LogP contribution in [0.3, 0.4) is 0 Å². The molecule has 0 aromatic heterocycles. The van der Waals surface area contributed by atoms with E-state index in [2.05, 4.69) is 15.0 Å². The van der Waals surface area contributed by atoms with Crippen LogP contribution in [0.1, 0.15) is 68.1 Å². The van der Waals surface area contributed by atoms with Crippen LogP contribution in [0.5, 0.6) is 5.75 Å². The number of nitrogens with one attached hydrogen (secondary N) is 1. The van der Waals surface area contributed by atoms with Gasteiger partial charge in [0.2, 0.25) is 17.7 Å². The first kappa shape index (κ1) is 37.6. The first-order valence-electron chi connectivity index (χ1n) is 16.9. The minimum absolute atomic E-state index is 0.0287. The van der Waals surface area contributed by atoms with Crippen molar-refractivity contribution in [3.63, 3.8) is 0 Å². The van der Waals surface area contributed by atoms with Crippen molar-refractivity contribution in [2.45, 2.75) is 76.7 Å². The fourth-order valence-corrected chi connectivity index (χ4v) is 5.23. The molecule has 0 spiro atoms. The number of esters is 1. The summed E-state index contributed by atoms with van der Waals surface area (Å²) in [4.78, 5) is 59.9. The summed E-state index contributed by atoms with van der Waals surface area (Å²) in [6, 6.07) is 24.4. The van der Waals surface area contributed by atoms with Crippen LogP contribution in [-0.2, 0) is 46.7 Å². The molecule has 3 aromatic rings. The molecule has 2 N–H and O–H groups in total. The fourth-order valence-electron chi connectivity index (χ4n) is 5.23. The van der Waals surface area contributed by atoms with Crippen LogP contribution in [0, 0.1) is 0 Å². The summed E-state index contributed by atoms with van der Waals surface area (Å²) in [5.74, 6) is -1.38. The molecule has 0 unspecified atom stereocenters. The van der Waals surface area contributed by atoms with Gasteiger partial charge in [0, 0.05) is 19.4 Å². The molecule has 3 aromatic carbocycles. The van der Waals surface area contributed by atoms with E-state index in [1.54, 1.807) is 12.1 Å². The summed E-state index contributed by atoms with van der Waals surface area (Å²) in [6.07, 6.45) is 3.49. The van der Waals surface area contributed by atoms with Gasteiger partial charge in [0.15, 0.2) is 6.04 Å². The Balaban J connectivity index is 1.27. The summed E-state index contributed by atoms with van der Waals surface area (Å²) < 4.78 is 16.4. The number of carbonyl (C=O) groups is 4. The molecule has 0 fully saturated rings. The van der Waals surface area contributed by atoms with E-state index in [1.807, 2.05) is 72.8 Å². The predicted octanol–water partition coefficient (Wildman–Crippen LogP) is 5.23. The molecule has 50 heavy (non-hydrogen) atoms. The molecule has 0 bridgehead atoms. The number of benzene rings is 3. The summed E-state index contributed by atoms with van der Waals surface area (Å²) in [6.45, 7) is 0.778. The van der Waals surface area contributed by atoms with Gasteiger partial charge in [-0.1, -0.05) is 79.2 Å². The van der Waals surface area contributed by atoms with Gasteiger partial charge >= 0.3 is 11.9 Å². The van der Waals surface area contributed by atoms with Crippen molar-refractivity contribution in [2.24, 2.45) is 4.99 Å². The highest BCUT2D eigenvalue weighted by molar-refractivity contribution is 6.00. The number of aliphatic imine (C=N–C) groups is 1. The smallest absolute Gasteiger partial charge is 0.326 e. The van der Waals surface area contributed by atoms with Crippen LogP contribution in [0.4, 0.5) is 0 Å². The SMILES string of the molecule is COC(=O)CCCCCC(=O)N(CCCC[C@H](NC(=O)[C@@H]1COC(c2ccccc2OCc2ccccc2)=N1)C(=O)O)OCc1ccccc1. The number of para-hydroxylation sites is 1. The number of carboxylic acid groups (broad SMARTS) is 1. The Hall–Kier alpha value is -5.23. The molecule has 2 amide bonds. The van der Waals surface area contributed by atoms with E-state index in [0.717, 1.165) is 11.1 Å². The molecule has 1 aliphatic rings. The molecule has 12 heteroatoms.